The minimum Gasteiger partial charge on any atom is -0.382 e. The van der Waals surface area contributed by atoms with E-state index < -0.39 is 18.5 Å². The molecule has 0 radical (unpaired) electrons. The van der Waals surface area contributed by atoms with Crippen molar-refractivity contribution in [2.75, 3.05) is 18.5 Å². The van der Waals surface area contributed by atoms with Crippen molar-refractivity contribution in [1.82, 2.24) is 4.57 Å². The number of benzene rings is 1. The minimum atomic E-state index is -4.42. The molecule has 3 nitrogen and oxygen atoms in total. The Morgan fingerprint density at radius 3 is 2.60 bits per heavy atom. The molecule has 0 aliphatic carbocycles. The predicted molar refractivity (Wildman–Crippen MR) is 88.0 cm³/mol. The number of halogens is 4. The fourth-order valence-corrected chi connectivity index (χ4v) is 3.09. The molecule has 2 heterocycles. The molecule has 1 N–H and O–H groups in total. The van der Waals surface area contributed by atoms with Crippen molar-refractivity contribution in [1.29, 1.82) is 0 Å². The van der Waals surface area contributed by atoms with Crippen LogP contribution in [0.4, 0.5) is 23.2 Å². The molecule has 7 heteroatoms. The summed E-state index contributed by atoms with van der Waals surface area (Å²) in [6, 6.07) is 4.12. The van der Waals surface area contributed by atoms with Crippen molar-refractivity contribution >= 4 is 16.6 Å². The molecular formula is C18H18F4N2O. The molecule has 25 heavy (non-hydrogen) atoms. The molecule has 1 fully saturated rings. The third kappa shape index (κ3) is 4.07. The molecule has 0 spiro atoms. The van der Waals surface area contributed by atoms with Gasteiger partial charge >= 0.3 is 6.18 Å². The van der Waals surface area contributed by atoms with E-state index in [0.29, 0.717) is 24.3 Å². The van der Waals surface area contributed by atoms with Gasteiger partial charge in [0.2, 0.25) is 0 Å². The van der Waals surface area contributed by atoms with Crippen molar-refractivity contribution in [3.63, 3.8) is 0 Å². The zero-order chi connectivity index (χ0) is 18.0. The van der Waals surface area contributed by atoms with Gasteiger partial charge in [0.05, 0.1) is 11.2 Å². The SMILES string of the molecule is CC#Cc1cc2c(NC3CCOCC3)cc(F)cc2n1CC(F)(F)F. The van der Waals surface area contributed by atoms with E-state index in [2.05, 4.69) is 17.2 Å². The van der Waals surface area contributed by atoms with E-state index in [9.17, 15) is 17.6 Å². The number of alkyl halides is 3. The van der Waals surface area contributed by atoms with Gasteiger partial charge in [-0.2, -0.15) is 13.2 Å². The number of nitrogens with one attached hydrogen (secondary N) is 1. The summed E-state index contributed by atoms with van der Waals surface area (Å²) >= 11 is 0. The lowest BCUT2D eigenvalue weighted by molar-refractivity contribution is -0.140. The van der Waals surface area contributed by atoms with E-state index in [1.807, 2.05) is 0 Å². The molecule has 1 aliphatic heterocycles. The highest BCUT2D eigenvalue weighted by Gasteiger charge is 2.30. The number of hydrogen-bond acceptors (Lipinski definition) is 2. The molecule has 0 unspecified atom stereocenters. The zero-order valence-corrected chi connectivity index (χ0v) is 13.7. The highest BCUT2D eigenvalue weighted by Crippen LogP contribution is 2.32. The molecule has 0 saturated carbocycles. The topological polar surface area (TPSA) is 26.2 Å². The number of rotatable bonds is 3. The van der Waals surface area contributed by atoms with Crippen molar-refractivity contribution in [2.24, 2.45) is 0 Å². The summed E-state index contributed by atoms with van der Waals surface area (Å²) in [5.41, 5.74) is 0.891. The summed E-state index contributed by atoms with van der Waals surface area (Å²) in [6.45, 7) is 1.56. The maximum atomic E-state index is 14.1. The molecule has 1 aromatic carbocycles. The third-order valence-electron chi connectivity index (χ3n) is 4.16. The van der Waals surface area contributed by atoms with Crippen molar-refractivity contribution in [2.45, 2.75) is 38.5 Å². The molecule has 0 bridgehead atoms. The van der Waals surface area contributed by atoms with Crippen LogP contribution in [0.1, 0.15) is 25.5 Å². The van der Waals surface area contributed by atoms with Crippen molar-refractivity contribution in [3.05, 3.63) is 29.7 Å². The van der Waals surface area contributed by atoms with Crippen LogP contribution in [0.5, 0.6) is 0 Å². The largest absolute Gasteiger partial charge is 0.406 e. The maximum Gasteiger partial charge on any atom is 0.406 e. The minimum absolute atomic E-state index is 0.102. The van der Waals surface area contributed by atoms with E-state index in [4.69, 9.17) is 4.74 Å². The van der Waals surface area contributed by atoms with Gasteiger partial charge in [-0.15, -0.1) is 0 Å². The Kier molecular flexibility index (Phi) is 4.91. The zero-order valence-electron chi connectivity index (χ0n) is 13.7. The van der Waals surface area contributed by atoms with Crippen LogP contribution in [0.3, 0.4) is 0 Å². The number of anilines is 1. The average Bonchev–Trinajstić information content (AvgIpc) is 2.85. The quantitative estimate of drug-likeness (QED) is 0.657. The molecular weight excluding hydrogens is 336 g/mol. The van der Waals surface area contributed by atoms with Crippen LogP contribution in [-0.2, 0) is 11.3 Å². The molecule has 2 aromatic rings. The van der Waals surface area contributed by atoms with Crippen LogP contribution >= 0.6 is 0 Å². The van der Waals surface area contributed by atoms with Crippen LogP contribution < -0.4 is 5.32 Å². The van der Waals surface area contributed by atoms with Gasteiger partial charge in [-0.1, -0.05) is 5.92 Å². The Morgan fingerprint density at radius 2 is 1.96 bits per heavy atom. The summed E-state index contributed by atoms with van der Waals surface area (Å²) in [6.07, 6.45) is -2.89. The van der Waals surface area contributed by atoms with Gasteiger partial charge in [0, 0.05) is 30.3 Å². The predicted octanol–water partition coefficient (Wildman–Crippen LogP) is 4.31. The van der Waals surface area contributed by atoms with E-state index in [-0.39, 0.29) is 17.3 Å². The Hall–Kier alpha value is -2.20. The first kappa shape index (κ1) is 17.6. The smallest absolute Gasteiger partial charge is 0.382 e. The standard InChI is InChI=1S/C18H18F4N2O/c1-2-3-14-10-15-16(23-13-4-6-25-7-5-13)8-12(19)9-17(15)24(14)11-18(20,21)22/h8-10,13,23H,4-7,11H2,1H3. The monoisotopic (exact) mass is 354 g/mol. The molecule has 3 rings (SSSR count). The van der Waals surface area contributed by atoms with Crippen LogP contribution in [0.25, 0.3) is 10.9 Å². The summed E-state index contributed by atoms with van der Waals surface area (Å²) < 4.78 is 59.2. The number of fused-ring (bicyclic) bond motifs is 1. The van der Waals surface area contributed by atoms with Crippen LogP contribution in [0, 0.1) is 17.7 Å². The van der Waals surface area contributed by atoms with E-state index in [0.717, 1.165) is 23.5 Å². The van der Waals surface area contributed by atoms with E-state index in [1.165, 1.54) is 6.07 Å². The van der Waals surface area contributed by atoms with Gasteiger partial charge in [0.15, 0.2) is 0 Å². The summed E-state index contributed by atoms with van der Waals surface area (Å²) in [7, 11) is 0. The third-order valence-corrected chi connectivity index (χ3v) is 4.16. The summed E-state index contributed by atoms with van der Waals surface area (Å²) in [4.78, 5) is 0. The Balaban J connectivity index is 2.08. The summed E-state index contributed by atoms with van der Waals surface area (Å²) in [5, 5.41) is 3.78. The van der Waals surface area contributed by atoms with Gasteiger partial charge < -0.3 is 14.6 Å². The van der Waals surface area contributed by atoms with Gasteiger partial charge in [-0.3, -0.25) is 0 Å². The van der Waals surface area contributed by atoms with Gasteiger partial charge in [-0.05, 0) is 43.9 Å². The first-order valence-electron chi connectivity index (χ1n) is 8.04. The fourth-order valence-electron chi connectivity index (χ4n) is 3.09. The Labute approximate surface area is 143 Å². The number of hydrogen-bond donors (Lipinski definition) is 1. The molecule has 1 aliphatic rings. The lowest BCUT2D eigenvalue weighted by atomic mass is 10.1. The van der Waals surface area contributed by atoms with E-state index in [1.54, 1.807) is 13.0 Å². The average molecular weight is 354 g/mol. The highest BCUT2D eigenvalue weighted by atomic mass is 19.4. The Bertz CT molecular complexity index is 823. The first-order chi connectivity index (χ1) is 11.9. The molecule has 0 atom stereocenters. The number of aromatic nitrogens is 1. The normalized spacial score (nSPS) is 15.9. The lowest BCUT2D eigenvalue weighted by Crippen LogP contribution is -2.27. The molecule has 1 saturated heterocycles. The Morgan fingerprint density at radius 1 is 1.24 bits per heavy atom. The fraction of sp³-hybridized carbons (Fsp3) is 0.444. The van der Waals surface area contributed by atoms with Gasteiger partial charge in [0.25, 0.3) is 0 Å². The van der Waals surface area contributed by atoms with E-state index >= 15 is 0 Å². The van der Waals surface area contributed by atoms with Crippen LogP contribution in [0.2, 0.25) is 0 Å². The van der Waals surface area contributed by atoms with Crippen LogP contribution in [0.15, 0.2) is 18.2 Å². The number of ether oxygens (including phenoxy) is 1. The summed E-state index contributed by atoms with van der Waals surface area (Å²) in [5.74, 6) is 4.72. The lowest BCUT2D eigenvalue weighted by Gasteiger charge is -2.24. The highest BCUT2D eigenvalue weighted by molar-refractivity contribution is 5.94. The molecule has 1 aromatic heterocycles. The second kappa shape index (κ2) is 6.96. The maximum absolute atomic E-state index is 14.1. The molecule has 134 valence electrons. The van der Waals surface area contributed by atoms with Gasteiger partial charge in [-0.25, -0.2) is 4.39 Å². The van der Waals surface area contributed by atoms with Crippen molar-refractivity contribution in [3.8, 4) is 11.8 Å². The van der Waals surface area contributed by atoms with Crippen molar-refractivity contribution < 1.29 is 22.3 Å². The second-order valence-corrected chi connectivity index (χ2v) is 6.02. The van der Waals surface area contributed by atoms with Gasteiger partial charge in [0.1, 0.15) is 12.4 Å². The number of nitrogens with zero attached hydrogens (tertiary/aromatic N) is 1. The second-order valence-electron chi connectivity index (χ2n) is 6.02. The van der Waals surface area contributed by atoms with Crippen LogP contribution in [-0.4, -0.2) is 30.0 Å². The first-order valence-corrected chi connectivity index (χ1v) is 8.04. The molecule has 0 amide bonds.